The maximum Gasteiger partial charge on any atom is 0.339 e. The number of unbranched alkanes of at least 4 members (excludes halogenated alkanes) is 10. The molecule has 2 aliphatic carbocycles. The fourth-order valence-corrected chi connectivity index (χ4v) is 5.26. The van der Waals surface area contributed by atoms with Crippen LogP contribution in [0.4, 0.5) is 0 Å². The number of esters is 2. The summed E-state index contributed by atoms with van der Waals surface area (Å²) in [5, 5.41) is 0. The number of hydrogen-bond acceptors (Lipinski definition) is 4. The molecule has 0 aromatic heterocycles. The zero-order chi connectivity index (χ0) is 25.1. The van der Waals surface area contributed by atoms with E-state index in [0.29, 0.717) is 24.3 Å². The smallest absolute Gasteiger partial charge is 0.339 e. The lowest BCUT2D eigenvalue weighted by Crippen LogP contribution is -2.15. The zero-order valence-corrected chi connectivity index (χ0v) is 22.5. The Kier molecular flexibility index (Phi) is 15.5. The molecule has 2 bridgehead atoms. The average molecular weight is 487 g/mol. The van der Waals surface area contributed by atoms with Gasteiger partial charge < -0.3 is 9.47 Å². The normalized spacial score (nSPS) is 18.1. The van der Waals surface area contributed by atoms with Gasteiger partial charge in [0.15, 0.2) is 0 Å². The fourth-order valence-electron chi connectivity index (χ4n) is 5.26. The molecule has 0 unspecified atom stereocenters. The highest BCUT2D eigenvalue weighted by Gasteiger charge is 2.30. The van der Waals surface area contributed by atoms with Crippen molar-refractivity contribution in [2.75, 3.05) is 13.2 Å². The predicted octanol–water partition coefficient (Wildman–Crippen LogP) is 8.92. The van der Waals surface area contributed by atoms with Crippen LogP contribution < -0.4 is 0 Å². The van der Waals surface area contributed by atoms with Crippen LogP contribution in [-0.4, -0.2) is 25.2 Å². The van der Waals surface area contributed by atoms with Crippen molar-refractivity contribution in [2.45, 2.75) is 123 Å². The number of carbonyl (C=O) groups excluding carboxylic acids is 2. The summed E-state index contributed by atoms with van der Waals surface area (Å²) in [6, 6.07) is 6.74. The molecule has 0 amide bonds. The topological polar surface area (TPSA) is 52.6 Å². The Morgan fingerprint density at radius 1 is 0.629 bits per heavy atom. The third kappa shape index (κ3) is 12.1. The van der Waals surface area contributed by atoms with E-state index in [1.807, 2.05) is 0 Å². The van der Waals surface area contributed by atoms with E-state index in [1.54, 1.807) is 56.4 Å². The van der Waals surface area contributed by atoms with Gasteiger partial charge >= 0.3 is 11.9 Å². The zero-order valence-electron chi connectivity index (χ0n) is 22.5. The van der Waals surface area contributed by atoms with Gasteiger partial charge in [-0.05, 0) is 43.2 Å². The molecule has 198 valence electrons. The number of rotatable bonds is 16. The maximum atomic E-state index is 12.4. The van der Waals surface area contributed by atoms with Crippen LogP contribution >= 0.6 is 0 Å². The van der Waals surface area contributed by atoms with E-state index in [1.165, 1.54) is 63.2 Å². The Labute approximate surface area is 214 Å². The standard InChI is InChI=1S/C24H38O4.C7H12/c1-3-5-7-9-11-15-19-27-23(25)21-17-13-14-18-22(21)24(26)28-20-16-12-10-8-6-4-2;1-2-7-4-3-6(1)5-7/h13-14,17-18H,3-12,15-16,19-20H2,1-2H3;6-7H,1-5H2. The Bertz CT molecular complexity index is 647. The molecule has 0 heterocycles. The summed E-state index contributed by atoms with van der Waals surface area (Å²) < 4.78 is 10.7. The first-order chi connectivity index (χ1) is 17.2. The quantitative estimate of drug-likeness (QED) is 0.173. The van der Waals surface area contributed by atoms with Crippen molar-refractivity contribution in [1.82, 2.24) is 0 Å². The fraction of sp³-hybridized carbons (Fsp3) is 0.742. The first-order valence-corrected chi connectivity index (χ1v) is 14.6. The van der Waals surface area contributed by atoms with Gasteiger partial charge in [-0.15, -0.1) is 0 Å². The minimum Gasteiger partial charge on any atom is -0.462 e. The van der Waals surface area contributed by atoms with E-state index < -0.39 is 11.9 Å². The van der Waals surface area contributed by atoms with Gasteiger partial charge in [0.1, 0.15) is 0 Å². The predicted molar refractivity (Wildman–Crippen MR) is 144 cm³/mol. The van der Waals surface area contributed by atoms with Gasteiger partial charge in [-0.1, -0.05) is 116 Å². The molecular formula is C31H50O4. The summed E-state index contributed by atoms with van der Waals surface area (Å²) in [6.07, 6.45) is 21.5. The van der Waals surface area contributed by atoms with E-state index in [4.69, 9.17) is 9.47 Å². The van der Waals surface area contributed by atoms with Crippen molar-refractivity contribution in [3.05, 3.63) is 35.4 Å². The Morgan fingerprint density at radius 2 is 1.00 bits per heavy atom. The molecule has 1 aromatic rings. The number of hydrogen-bond donors (Lipinski definition) is 0. The lowest BCUT2D eigenvalue weighted by atomic mass is 10.0. The first-order valence-electron chi connectivity index (χ1n) is 14.6. The van der Waals surface area contributed by atoms with Crippen molar-refractivity contribution in [3.8, 4) is 0 Å². The molecule has 3 rings (SSSR count). The molecule has 0 saturated heterocycles. The van der Waals surface area contributed by atoms with Crippen LogP contribution in [0.3, 0.4) is 0 Å². The molecule has 2 saturated carbocycles. The highest BCUT2D eigenvalue weighted by atomic mass is 16.5. The summed E-state index contributed by atoms with van der Waals surface area (Å²) in [6.45, 7) is 5.17. The summed E-state index contributed by atoms with van der Waals surface area (Å²) >= 11 is 0. The molecule has 35 heavy (non-hydrogen) atoms. The van der Waals surface area contributed by atoms with Gasteiger partial charge in [0.05, 0.1) is 24.3 Å². The van der Waals surface area contributed by atoms with Gasteiger partial charge in [0.2, 0.25) is 0 Å². The summed E-state index contributed by atoms with van der Waals surface area (Å²) in [5.74, 6) is 1.45. The highest BCUT2D eigenvalue weighted by Crippen LogP contribution is 2.43. The van der Waals surface area contributed by atoms with Crippen molar-refractivity contribution in [1.29, 1.82) is 0 Å². The van der Waals surface area contributed by atoms with E-state index in [-0.39, 0.29) is 0 Å². The average Bonchev–Trinajstić information content (AvgIpc) is 3.54. The van der Waals surface area contributed by atoms with Crippen LogP contribution in [0.5, 0.6) is 0 Å². The van der Waals surface area contributed by atoms with Crippen molar-refractivity contribution >= 4 is 11.9 Å². The largest absolute Gasteiger partial charge is 0.462 e. The minimum absolute atomic E-state index is 0.293. The molecule has 0 spiro atoms. The molecule has 0 N–H and O–H groups in total. The van der Waals surface area contributed by atoms with Gasteiger partial charge in [-0.2, -0.15) is 0 Å². The van der Waals surface area contributed by atoms with Gasteiger partial charge in [0.25, 0.3) is 0 Å². The van der Waals surface area contributed by atoms with Crippen LogP contribution in [0.2, 0.25) is 0 Å². The van der Waals surface area contributed by atoms with Gasteiger partial charge in [0, 0.05) is 0 Å². The Balaban J connectivity index is 0.000000514. The maximum absolute atomic E-state index is 12.4. The summed E-state index contributed by atoms with van der Waals surface area (Å²) in [5.41, 5.74) is 0.586. The monoisotopic (exact) mass is 486 g/mol. The van der Waals surface area contributed by atoms with Crippen molar-refractivity contribution in [2.24, 2.45) is 11.8 Å². The molecule has 0 radical (unpaired) electrons. The second kappa shape index (κ2) is 18.4. The van der Waals surface area contributed by atoms with Gasteiger partial charge in [-0.3, -0.25) is 0 Å². The van der Waals surface area contributed by atoms with Crippen LogP contribution in [0.1, 0.15) is 144 Å². The van der Waals surface area contributed by atoms with E-state index in [0.717, 1.165) is 25.7 Å². The van der Waals surface area contributed by atoms with Crippen molar-refractivity contribution in [3.63, 3.8) is 0 Å². The van der Waals surface area contributed by atoms with E-state index in [2.05, 4.69) is 13.8 Å². The van der Waals surface area contributed by atoms with Gasteiger partial charge in [-0.25, -0.2) is 9.59 Å². The Hall–Kier alpha value is -1.84. The lowest BCUT2D eigenvalue weighted by Gasteiger charge is -2.10. The number of carbonyl (C=O) groups is 2. The number of benzene rings is 1. The first kappa shape index (κ1) is 29.4. The second-order valence-electron chi connectivity index (χ2n) is 10.5. The summed E-state index contributed by atoms with van der Waals surface area (Å²) in [7, 11) is 0. The molecule has 0 aliphatic heterocycles. The van der Waals surface area contributed by atoms with Crippen LogP contribution in [0.15, 0.2) is 24.3 Å². The molecule has 2 aliphatic rings. The molecular weight excluding hydrogens is 436 g/mol. The van der Waals surface area contributed by atoms with Crippen LogP contribution in [-0.2, 0) is 9.47 Å². The second-order valence-corrected chi connectivity index (χ2v) is 10.5. The summed E-state index contributed by atoms with van der Waals surface area (Å²) in [4.78, 5) is 24.7. The number of ether oxygens (including phenoxy) is 2. The van der Waals surface area contributed by atoms with Crippen LogP contribution in [0.25, 0.3) is 0 Å². The molecule has 4 nitrogen and oxygen atoms in total. The number of fused-ring (bicyclic) bond motifs is 2. The molecule has 2 fully saturated rings. The van der Waals surface area contributed by atoms with E-state index in [9.17, 15) is 9.59 Å². The Morgan fingerprint density at radius 3 is 1.34 bits per heavy atom. The molecule has 0 atom stereocenters. The third-order valence-corrected chi connectivity index (χ3v) is 7.46. The molecule has 1 aromatic carbocycles. The molecule has 4 heteroatoms. The van der Waals surface area contributed by atoms with E-state index >= 15 is 0 Å². The SMILES string of the molecule is C1CC2CCC1C2.CCCCCCCCOC(=O)c1ccccc1C(=O)OCCCCCCCC. The minimum atomic E-state index is -0.444. The van der Waals surface area contributed by atoms with Crippen LogP contribution in [0, 0.1) is 11.8 Å². The third-order valence-electron chi connectivity index (χ3n) is 7.46. The highest BCUT2D eigenvalue weighted by molar-refractivity contribution is 6.03. The van der Waals surface area contributed by atoms with Crippen molar-refractivity contribution < 1.29 is 19.1 Å². The lowest BCUT2D eigenvalue weighted by molar-refractivity contribution is 0.0450.